The van der Waals surface area contributed by atoms with Crippen molar-refractivity contribution in [1.29, 1.82) is 0 Å². The zero-order chi connectivity index (χ0) is 9.52. The highest BCUT2D eigenvalue weighted by molar-refractivity contribution is 5.09. The zero-order valence-electron chi connectivity index (χ0n) is 8.09. The molecule has 3 nitrogen and oxygen atoms in total. The molecule has 0 saturated heterocycles. The summed E-state index contributed by atoms with van der Waals surface area (Å²) in [5.74, 6) is 0. The first-order valence-corrected chi connectivity index (χ1v) is 4.66. The molecule has 0 saturated carbocycles. The van der Waals surface area contributed by atoms with E-state index < -0.39 is 0 Å². The van der Waals surface area contributed by atoms with Crippen molar-refractivity contribution < 1.29 is 0 Å². The van der Waals surface area contributed by atoms with E-state index >= 15 is 0 Å². The molecule has 0 amide bonds. The monoisotopic (exact) mass is 179 g/mol. The topological polar surface area (TPSA) is 50.9 Å². The molecule has 0 bridgehead atoms. The SMILES string of the molecule is Cc1cccc(CNCCCN)n1. The van der Waals surface area contributed by atoms with Gasteiger partial charge in [0.25, 0.3) is 0 Å². The van der Waals surface area contributed by atoms with Crippen LogP contribution >= 0.6 is 0 Å². The molecule has 0 aromatic carbocycles. The van der Waals surface area contributed by atoms with Gasteiger partial charge in [-0.1, -0.05) is 6.07 Å². The van der Waals surface area contributed by atoms with Crippen molar-refractivity contribution >= 4 is 0 Å². The molecule has 0 aliphatic rings. The Kier molecular flexibility index (Phi) is 4.43. The van der Waals surface area contributed by atoms with Crippen molar-refractivity contribution in [3.63, 3.8) is 0 Å². The van der Waals surface area contributed by atoms with Crippen LogP contribution in [0.2, 0.25) is 0 Å². The van der Waals surface area contributed by atoms with Crippen molar-refractivity contribution in [1.82, 2.24) is 10.3 Å². The summed E-state index contributed by atoms with van der Waals surface area (Å²) >= 11 is 0. The molecule has 3 heteroatoms. The number of pyridine rings is 1. The van der Waals surface area contributed by atoms with Gasteiger partial charge in [-0.05, 0) is 38.6 Å². The minimum Gasteiger partial charge on any atom is -0.330 e. The second-order valence-corrected chi connectivity index (χ2v) is 3.09. The standard InChI is InChI=1S/C10H17N3/c1-9-4-2-5-10(13-9)8-12-7-3-6-11/h2,4-5,12H,3,6-8,11H2,1H3. The summed E-state index contributed by atoms with van der Waals surface area (Å²) in [6, 6.07) is 6.06. The largest absolute Gasteiger partial charge is 0.330 e. The Balaban J connectivity index is 2.28. The fraction of sp³-hybridized carbons (Fsp3) is 0.500. The van der Waals surface area contributed by atoms with E-state index in [9.17, 15) is 0 Å². The van der Waals surface area contributed by atoms with Crippen LogP contribution < -0.4 is 11.1 Å². The molecule has 0 radical (unpaired) electrons. The summed E-state index contributed by atoms with van der Waals surface area (Å²) in [6.45, 7) is 4.55. The van der Waals surface area contributed by atoms with E-state index in [1.54, 1.807) is 0 Å². The molecule has 0 spiro atoms. The molecule has 0 aliphatic carbocycles. The minimum absolute atomic E-state index is 0.744. The van der Waals surface area contributed by atoms with Gasteiger partial charge in [-0.3, -0.25) is 4.98 Å². The molecule has 0 atom stereocenters. The van der Waals surface area contributed by atoms with Gasteiger partial charge < -0.3 is 11.1 Å². The van der Waals surface area contributed by atoms with Crippen LogP contribution in [0.25, 0.3) is 0 Å². The highest BCUT2D eigenvalue weighted by Crippen LogP contribution is 1.96. The molecular formula is C10H17N3. The van der Waals surface area contributed by atoms with Crippen molar-refractivity contribution in [2.24, 2.45) is 5.73 Å². The number of nitrogens with one attached hydrogen (secondary N) is 1. The second-order valence-electron chi connectivity index (χ2n) is 3.09. The van der Waals surface area contributed by atoms with E-state index in [0.717, 1.165) is 37.4 Å². The lowest BCUT2D eigenvalue weighted by Gasteiger charge is -2.03. The van der Waals surface area contributed by atoms with Crippen molar-refractivity contribution in [3.05, 3.63) is 29.6 Å². The molecule has 1 heterocycles. The van der Waals surface area contributed by atoms with E-state index in [2.05, 4.69) is 10.3 Å². The fourth-order valence-electron chi connectivity index (χ4n) is 1.14. The Morgan fingerprint density at radius 2 is 2.31 bits per heavy atom. The van der Waals surface area contributed by atoms with Gasteiger partial charge in [0.2, 0.25) is 0 Å². The van der Waals surface area contributed by atoms with Gasteiger partial charge in [0, 0.05) is 12.2 Å². The van der Waals surface area contributed by atoms with Gasteiger partial charge in [-0.2, -0.15) is 0 Å². The number of aromatic nitrogens is 1. The third-order valence-corrected chi connectivity index (χ3v) is 1.81. The van der Waals surface area contributed by atoms with Gasteiger partial charge in [-0.15, -0.1) is 0 Å². The summed E-state index contributed by atoms with van der Waals surface area (Å²) in [5, 5.41) is 3.29. The molecule has 0 fully saturated rings. The number of hydrogen-bond donors (Lipinski definition) is 2. The molecule has 1 aromatic rings. The number of rotatable bonds is 5. The molecule has 3 N–H and O–H groups in total. The number of aryl methyl sites for hydroxylation is 1. The molecule has 1 rings (SSSR count). The molecule has 0 unspecified atom stereocenters. The van der Waals surface area contributed by atoms with Crippen molar-refractivity contribution in [2.75, 3.05) is 13.1 Å². The maximum Gasteiger partial charge on any atom is 0.0544 e. The fourth-order valence-corrected chi connectivity index (χ4v) is 1.14. The smallest absolute Gasteiger partial charge is 0.0544 e. The second kappa shape index (κ2) is 5.67. The molecule has 13 heavy (non-hydrogen) atoms. The van der Waals surface area contributed by atoms with Crippen LogP contribution in [0.1, 0.15) is 17.8 Å². The van der Waals surface area contributed by atoms with E-state index in [4.69, 9.17) is 5.73 Å². The van der Waals surface area contributed by atoms with Crippen molar-refractivity contribution in [2.45, 2.75) is 19.9 Å². The lowest BCUT2D eigenvalue weighted by atomic mass is 10.3. The molecular weight excluding hydrogens is 162 g/mol. The van der Waals surface area contributed by atoms with Gasteiger partial charge in [0.15, 0.2) is 0 Å². The highest BCUT2D eigenvalue weighted by Gasteiger charge is 1.93. The number of nitrogens with two attached hydrogens (primary N) is 1. The Hall–Kier alpha value is -0.930. The molecule has 72 valence electrons. The summed E-state index contributed by atoms with van der Waals surface area (Å²) in [5.41, 5.74) is 7.54. The van der Waals surface area contributed by atoms with Crippen LogP contribution in [0.4, 0.5) is 0 Å². The Bertz CT molecular complexity index is 248. The summed E-state index contributed by atoms with van der Waals surface area (Å²) in [7, 11) is 0. The summed E-state index contributed by atoms with van der Waals surface area (Å²) < 4.78 is 0. The lowest BCUT2D eigenvalue weighted by Crippen LogP contribution is -2.18. The summed E-state index contributed by atoms with van der Waals surface area (Å²) in [4.78, 5) is 4.38. The Morgan fingerprint density at radius 1 is 1.46 bits per heavy atom. The van der Waals surface area contributed by atoms with E-state index in [0.29, 0.717) is 0 Å². The maximum absolute atomic E-state index is 5.38. The van der Waals surface area contributed by atoms with Crippen LogP contribution in [0.3, 0.4) is 0 Å². The van der Waals surface area contributed by atoms with Gasteiger partial charge in [0.05, 0.1) is 5.69 Å². The van der Waals surface area contributed by atoms with E-state index in [-0.39, 0.29) is 0 Å². The van der Waals surface area contributed by atoms with Gasteiger partial charge in [0.1, 0.15) is 0 Å². The molecule has 0 aliphatic heterocycles. The third kappa shape index (κ3) is 4.01. The van der Waals surface area contributed by atoms with Crippen LogP contribution in [0.5, 0.6) is 0 Å². The quantitative estimate of drug-likeness (QED) is 0.658. The number of hydrogen-bond acceptors (Lipinski definition) is 3. The average Bonchev–Trinajstić information content (AvgIpc) is 2.13. The first-order valence-electron chi connectivity index (χ1n) is 4.66. The normalized spacial score (nSPS) is 10.3. The highest BCUT2D eigenvalue weighted by atomic mass is 14.9. The lowest BCUT2D eigenvalue weighted by molar-refractivity contribution is 0.645. The minimum atomic E-state index is 0.744. The zero-order valence-corrected chi connectivity index (χ0v) is 8.09. The molecule has 1 aromatic heterocycles. The van der Waals surface area contributed by atoms with Crippen LogP contribution in [0.15, 0.2) is 18.2 Å². The third-order valence-electron chi connectivity index (χ3n) is 1.81. The predicted molar refractivity (Wildman–Crippen MR) is 54.4 cm³/mol. The predicted octanol–water partition coefficient (Wildman–Crippen LogP) is 0.828. The van der Waals surface area contributed by atoms with Crippen molar-refractivity contribution in [3.8, 4) is 0 Å². The Labute approximate surface area is 79.4 Å². The van der Waals surface area contributed by atoms with Crippen LogP contribution in [-0.4, -0.2) is 18.1 Å². The van der Waals surface area contributed by atoms with Crippen LogP contribution in [0, 0.1) is 6.92 Å². The van der Waals surface area contributed by atoms with Gasteiger partial charge >= 0.3 is 0 Å². The Morgan fingerprint density at radius 3 is 3.00 bits per heavy atom. The summed E-state index contributed by atoms with van der Waals surface area (Å²) in [6.07, 6.45) is 1.02. The van der Waals surface area contributed by atoms with Gasteiger partial charge in [-0.25, -0.2) is 0 Å². The van der Waals surface area contributed by atoms with E-state index in [1.807, 2.05) is 25.1 Å². The number of nitrogens with zero attached hydrogens (tertiary/aromatic N) is 1. The van der Waals surface area contributed by atoms with Crippen LogP contribution in [-0.2, 0) is 6.54 Å². The van der Waals surface area contributed by atoms with E-state index in [1.165, 1.54) is 0 Å². The maximum atomic E-state index is 5.38. The average molecular weight is 179 g/mol. The first kappa shape index (κ1) is 10.2. The first-order chi connectivity index (χ1) is 6.33.